The summed E-state index contributed by atoms with van der Waals surface area (Å²) in [6.45, 7) is 3.95. The third-order valence-electron chi connectivity index (χ3n) is 4.40. The molecule has 0 radical (unpaired) electrons. The Hall–Kier alpha value is -1.47. The topological polar surface area (TPSA) is 62.0 Å². The molecule has 2 aromatic heterocycles. The Labute approximate surface area is 137 Å². The van der Waals surface area contributed by atoms with Gasteiger partial charge in [0.2, 0.25) is 0 Å². The van der Waals surface area contributed by atoms with E-state index in [1.165, 1.54) is 0 Å². The number of β-amino-alcohol motifs (C(OH)–C–C–N with tert-alkyl or cyclic N) is 1. The number of hydrogen-bond acceptors (Lipinski definition) is 5. The van der Waals surface area contributed by atoms with Crippen molar-refractivity contribution < 1.29 is 9.84 Å². The van der Waals surface area contributed by atoms with E-state index in [1.807, 2.05) is 24.4 Å². The van der Waals surface area contributed by atoms with Crippen molar-refractivity contribution in [3.8, 4) is 0 Å². The van der Waals surface area contributed by atoms with Crippen LogP contribution in [0.4, 0.5) is 0 Å². The number of nitrogens with zero attached hydrogens (tertiary/aromatic N) is 3. The van der Waals surface area contributed by atoms with E-state index in [1.54, 1.807) is 7.11 Å². The Bertz CT molecular complexity index is 574. The summed E-state index contributed by atoms with van der Waals surface area (Å²) in [5, 5.41) is 13.4. The van der Waals surface area contributed by atoms with Gasteiger partial charge in [0.15, 0.2) is 0 Å². The van der Waals surface area contributed by atoms with Crippen molar-refractivity contribution in [2.45, 2.75) is 31.5 Å². The van der Waals surface area contributed by atoms with Crippen LogP contribution in [0.3, 0.4) is 0 Å². The molecule has 126 valence electrons. The van der Waals surface area contributed by atoms with E-state index in [4.69, 9.17) is 4.74 Å². The molecule has 6 nitrogen and oxygen atoms in total. The van der Waals surface area contributed by atoms with Gasteiger partial charge in [-0.05, 0) is 38.1 Å². The monoisotopic (exact) mass is 318 g/mol. The lowest BCUT2D eigenvalue weighted by atomic mass is 10.0. The molecule has 0 spiro atoms. The second-order valence-electron chi connectivity index (χ2n) is 6.26. The lowest BCUT2D eigenvalue weighted by molar-refractivity contribution is 0.0310. The van der Waals surface area contributed by atoms with Crippen LogP contribution in [0, 0.1) is 0 Å². The van der Waals surface area contributed by atoms with Crippen molar-refractivity contribution in [2.24, 2.45) is 0 Å². The molecule has 1 saturated heterocycles. The van der Waals surface area contributed by atoms with Gasteiger partial charge in [-0.15, -0.1) is 0 Å². The number of fused-ring (bicyclic) bond motifs is 1. The van der Waals surface area contributed by atoms with E-state index >= 15 is 0 Å². The van der Waals surface area contributed by atoms with Crippen LogP contribution in [0.15, 0.2) is 30.6 Å². The summed E-state index contributed by atoms with van der Waals surface area (Å²) in [5.74, 6) is 0. The third kappa shape index (κ3) is 4.51. The standard InChI is InChI=1S/C17H26N4O2/c1-23-13-16(22)12-20-8-5-14(6-9-20)18-10-15-11-21-7-3-2-4-17(21)19-15/h2-4,7,11,14,16,18,22H,5-6,8-10,12-13H2,1H3. The van der Waals surface area contributed by atoms with Crippen LogP contribution in [0.25, 0.3) is 5.65 Å². The molecule has 1 atom stereocenters. The van der Waals surface area contributed by atoms with Crippen LogP contribution in [-0.4, -0.2) is 64.9 Å². The van der Waals surface area contributed by atoms with E-state index in [-0.39, 0.29) is 6.10 Å². The summed E-state index contributed by atoms with van der Waals surface area (Å²) in [4.78, 5) is 6.93. The van der Waals surface area contributed by atoms with E-state index in [9.17, 15) is 5.11 Å². The first kappa shape index (κ1) is 16.4. The van der Waals surface area contributed by atoms with Crippen LogP contribution in [0.5, 0.6) is 0 Å². The number of aliphatic hydroxyl groups excluding tert-OH is 1. The zero-order valence-electron chi connectivity index (χ0n) is 13.7. The number of methoxy groups -OCH3 is 1. The fraction of sp³-hybridized carbons (Fsp3) is 0.588. The fourth-order valence-corrected chi connectivity index (χ4v) is 3.18. The second kappa shape index (κ2) is 7.88. The zero-order chi connectivity index (χ0) is 16.1. The van der Waals surface area contributed by atoms with Gasteiger partial charge in [0, 0.05) is 38.6 Å². The normalized spacial score (nSPS) is 18.5. The van der Waals surface area contributed by atoms with Gasteiger partial charge in [0.25, 0.3) is 0 Å². The molecule has 2 N–H and O–H groups in total. The predicted molar refractivity (Wildman–Crippen MR) is 89.4 cm³/mol. The molecule has 0 aromatic carbocycles. The molecule has 3 heterocycles. The van der Waals surface area contributed by atoms with Crippen LogP contribution in [-0.2, 0) is 11.3 Å². The number of hydrogen-bond donors (Lipinski definition) is 2. The number of rotatable bonds is 7. The highest BCUT2D eigenvalue weighted by Gasteiger charge is 2.20. The molecular weight excluding hydrogens is 292 g/mol. The van der Waals surface area contributed by atoms with Gasteiger partial charge >= 0.3 is 0 Å². The number of imidazole rings is 1. The van der Waals surface area contributed by atoms with Crippen LogP contribution < -0.4 is 5.32 Å². The minimum absolute atomic E-state index is 0.387. The molecule has 2 aromatic rings. The maximum atomic E-state index is 9.80. The van der Waals surface area contributed by atoms with Crippen molar-refractivity contribution in [1.82, 2.24) is 19.6 Å². The number of aliphatic hydroxyl groups is 1. The number of piperidine rings is 1. The summed E-state index contributed by atoms with van der Waals surface area (Å²) in [7, 11) is 1.62. The van der Waals surface area contributed by atoms with E-state index < -0.39 is 0 Å². The Morgan fingerprint density at radius 2 is 2.22 bits per heavy atom. The molecule has 0 bridgehead atoms. The van der Waals surface area contributed by atoms with Crippen molar-refractivity contribution in [1.29, 1.82) is 0 Å². The predicted octanol–water partition coefficient (Wildman–Crippen LogP) is 0.896. The number of aromatic nitrogens is 2. The summed E-state index contributed by atoms with van der Waals surface area (Å²) >= 11 is 0. The first-order valence-corrected chi connectivity index (χ1v) is 8.30. The van der Waals surface area contributed by atoms with E-state index in [0.29, 0.717) is 19.2 Å². The molecule has 6 heteroatoms. The van der Waals surface area contributed by atoms with Crippen LogP contribution >= 0.6 is 0 Å². The Morgan fingerprint density at radius 1 is 1.39 bits per heavy atom. The Kier molecular flexibility index (Phi) is 5.61. The minimum atomic E-state index is -0.387. The number of pyridine rings is 1. The number of nitrogens with one attached hydrogen (secondary N) is 1. The lowest BCUT2D eigenvalue weighted by Gasteiger charge is -2.33. The number of likely N-dealkylation sites (tertiary alicyclic amines) is 1. The molecule has 0 saturated carbocycles. The maximum absolute atomic E-state index is 9.80. The quantitative estimate of drug-likeness (QED) is 0.794. The van der Waals surface area contributed by atoms with Crippen molar-refractivity contribution in [3.63, 3.8) is 0 Å². The molecule has 0 aliphatic carbocycles. The first-order valence-electron chi connectivity index (χ1n) is 8.30. The highest BCUT2D eigenvalue weighted by molar-refractivity contribution is 5.39. The molecule has 1 unspecified atom stereocenters. The first-order chi connectivity index (χ1) is 11.2. The van der Waals surface area contributed by atoms with Crippen molar-refractivity contribution >= 4 is 5.65 Å². The average Bonchev–Trinajstić information content (AvgIpc) is 2.97. The highest BCUT2D eigenvalue weighted by atomic mass is 16.5. The molecule has 1 fully saturated rings. The van der Waals surface area contributed by atoms with Gasteiger partial charge in [0.1, 0.15) is 5.65 Å². The van der Waals surface area contributed by atoms with Crippen molar-refractivity contribution in [2.75, 3.05) is 33.4 Å². The van der Waals surface area contributed by atoms with Gasteiger partial charge in [-0.3, -0.25) is 0 Å². The molecule has 1 aliphatic heterocycles. The Balaban J connectivity index is 1.42. The lowest BCUT2D eigenvalue weighted by Crippen LogP contribution is -2.45. The molecule has 1 aliphatic rings. The van der Waals surface area contributed by atoms with Gasteiger partial charge in [-0.2, -0.15) is 0 Å². The van der Waals surface area contributed by atoms with Gasteiger partial charge in [-0.25, -0.2) is 4.98 Å². The minimum Gasteiger partial charge on any atom is -0.389 e. The second-order valence-corrected chi connectivity index (χ2v) is 6.26. The molecule has 23 heavy (non-hydrogen) atoms. The summed E-state index contributed by atoms with van der Waals surface area (Å²) in [6.07, 6.45) is 5.93. The zero-order valence-corrected chi connectivity index (χ0v) is 13.7. The smallest absolute Gasteiger partial charge is 0.137 e. The van der Waals surface area contributed by atoms with Gasteiger partial charge < -0.3 is 24.5 Å². The van der Waals surface area contributed by atoms with E-state index in [0.717, 1.165) is 43.8 Å². The summed E-state index contributed by atoms with van der Waals surface area (Å²) in [5.41, 5.74) is 2.07. The summed E-state index contributed by atoms with van der Waals surface area (Å²) in [6, 6.07) is 6.57. The summed E-state index contributed by atoms with van der Waals surface area (Å²) < 4.78 is 7.03. The molecule has 0 amide bonds. The maximum Gasteiger partial charge on any atom is 0.137 e. The highest BCUT2D eigenvalue weighted by Crippen LogP contribution is 2.12. The Morgan fingerprint density at radius 3 is 2.96 bits per heavy atom. The van der Waals surface area contributed by atoms with Crippen LogP contribution in [0.2, 0.25) is 0 Å². The number of ether oxygens (including phenoxy) is 1. The fourth-order valence-electron chi connectivity index (χ4n) is 3.18. The molecular formula is C17H26N4O2. The molecule has 3 rings (SSSR count). The SMILES string of the molecule is COCC(O)CN1CCC(NCc2cn3ccccc3n2)CC1. The average molecular weight is 318 g/mol. The third-order valence-corrected chi connectivity index (χ3v) is 4.40. The largest absolute Gasteiger partial charge is 0.389 e. The van der Waals surface area contributed by atoms with Gasteiger partial charge in [0.05, 0.1) is 18.4 Å². The van der Waals surface area contributed by atoms with Gasteiger partial charge in [-0.1, -0.05) is 6.07 Å². The van der Waals surface area contributed by atoms with Crippen molar-refractivity contribution in [3.05, 3.63) is 36.3 Å². The van der Waals surface area contributed by atoms with Crippen LogP contribution in [0.1, 0.15) is 18.5 Å². The van der Waals surface area contributed by atoms with E-state index in [2.05, 4.69) is 25.8 Å².